The van der Waals surface area contributed by atoms with Crippen molar-refractivity contribution in [3.8, 4) is 5.69 Å². The fourth-order valence-electron chi connectivity index (χ4n) is 4.00. The van der Waals surface area contributed by atoms with Gasteiger partial charge in [0.1, 0.15) is 0 Å². The first kappa shape index (κ1) is 18.0. The van der Waals surface area contributed by atoms with E-state index in [1.807, 2.05) is 0 Å². The van der Waals surface area contributed by atoms with E-state index in [-0.39, 0.29) is 23.3 Å². The van der Waals surface area contributed by atoms with Gasteiger partial charge in [-0.15, -0.1) is 5.10 Å². The first-order chi connectivity index (χ1) is 12.8. The van der Waals surface area contributed by atoms with Gasteiger partial charge in [-0.25, -0.2) is 4.68 Å². The summed E-state index contributed by atoms with van der Waals surface area (Å²) in [6.07, 6.45) is 1.01. The second-order valence-corrected chi connectivity index (χ2v) is 7.28. The summed E-state index contributed by atoms with van der Waals surface area (Å²) in [5, 5.41) is 11.3. The lowest BCUT2D eigenvalue weighted by Crippen LogP contribution is -2.48. The third-order valence-corrected chi connectivity index (χ3v) is 5.47. The third-order valence-electron chi connectivity index (χ3n) is 5.47. The Morgan fingerprint density at radius 3 is 2.63 bits per heavy atom. The highest BCUT2D eigenvalue weighted by atomic mass is 19.4. The van der Waals surface area contributed by atoms with Crippen LogP contribution in [0.5, 0.6) is 0 Å². The van der Waals surface area contributed by atoms with Crippen molar-refractivity contribution in [2.75, 3.05) is 7.05 Å². The number of carbonyl (C=O) groups excluding carboxylic acids is 1. The van der Waals surface area contributed by atoms with E-state index in [9.17, 15) is 18.0 Å². The summed E-state index contributed by atoms with van der Waals surface area (Å²) in [7, 11) is 1.75. The first-order valence-electron chi connectivity index (χ1n) is 8.94. The molecule has 2 unspecified atom stereocenters. The van der Waals surface area contributed by atoms with Gasteiger partial charge in [-0.05, 0) is 43.9 Å². The average Bonchev–Trinajstić information content (AvgIpc) is 3.26. The number of hydrogen-bond donors (Lipinski definition) is 1. The van der Waals surface area contributed by atoms with E-state index in [0.29, 0.717) is 12.1 Å². The van der Waals surface area contributed by atoms with Crippen molar-refractivity contribution in [1.82, 2.24) is 25.2 Å². The van der Waals surface area contributed by atoms with Crippen molar-refractivity contribution in [3.05, 3.63) is 41.7 Å². The minimum atomic E-state index is -4.44. The van der Waals surface area contributed by atoms with Crippen LogP contribution < -0.4 is 5.32 Å². The molecule has 2 saturated heterocycles. The van der Waals surface area contributed by atoms with Crippen molar-refractivity contribution < 1.29 is 18.0 Å². The molecule has 0 aliphatic carbocycles. The van der Waals surface area contributed by atoms with Gasteiger partial charge in [0, 0.05) is 25.2 Å². The molecule has 2 fully saturated rings. The van der Waals surface area contributed by atoms with Gasteiger partial charge < -0.3 is 10.2 Å². The molecule has 0 spiro atoms. The highest BCUT2D eigenvalue weighted by Crippen LogP contribution is 2.31. The number of halogens is 3. The molecule has 6 nitrogen and oxygen atoms in total. The maximum absolute atomic E-state index is 12.9. The molecule has 1 N–H and O–H groups in total. The van der Waals surface area contributed by atoms with Crippen LogP contribution in [0.4, 0.5) is 13.2 Å². The molecule has 4 rings (SSSR count). The van der Waals surface area contributed by atoms with Gasteiger partial charge >= 0.3 is 6.18 Å². The zero-order chi connectivity index (χ0) is 19.2. The van der Waals surface area contributed by atoms with E-state index in [0.717, 1.165) is 37.8 Å². The Kier molecular flexibility index (Phi) is 4.41. The SMILES string of the molecule is CN(C(=O)c1cn(-c2cccc(C(F)(F)F)c2)nn1)C1CC2CCC(C1)N2. The molecule has 2 atom stereocenters. The van der Waals surface area contributed by atoms with Crippen LogP contribution in [0.1, 0.15) is 41.7 Å². The minimum absolute atomic E-state index is 0.126. The van der Waals surface area contributed by atoms with Gasteiger partial charge in [-0.1, -0.05) is 11.3 Å². The zero-order valence-corrected chi connectivity index (χ0v) is 14.8. The van der Waals surface area contributed by atoms with Crippen molar-refractivity contribution in [2.45, 2.75) is 50.0 Å². The fraction of sp³-hybridized carbons (Fsp3) is 0.500. The normalized spacial score (nSPS) is 24.8. The van der Waals surface area contributed by atoms with Gasteiger partial charge in [-0.3, -0.25) is 4.79 Å². The number of nitrogens with one attached hydrogen (secondary N) is 1. The highest BCUT2D eigenvalue weighted by Gasteiger charge is 2.37. The molecular formula is C18H20F3N5O. The summed E-state index contributed by atoms with van der Waals surface area (Å²) in [5.74, 6) is -0.264. The Morgan fingerprint density at radius 2 is 1.96 bits per heavy atom. The molecule has 1 amide bonds. The summed E-state index contributed by atoms with van der Waals surface area (Å²) in [4.78, 5) is 14.4. The zero-order valence-electron chi connectivity index (χ0n) is 14.8. The van der Waals surface area contributed by atoms with E-state index in [4.69, 9.17) is 0 Å². The predicted molar refractivity (Wildman–Crippen MR) is 91.4 cm³/mol. The second-order valence-electron chi connectivity index (χ2n) is 7.28. The van der Waals surface area contributed by atoms with E-state index < -0.39 is 11.7 Å². The number of nitrogens with zero attached hydrogens (tertiary/aromatic N) is 4. The van der Waals surface area contributed by atoms with E-state index >= 15 is 0 Å². The highest BCUT2D eigenvalue weighted by molar-refractivity contribution is 5.92. The standard InChI is InChI=1S/C18H20F3N5O/c1-25(15-8-12-5-6-13(9-15)22-12)17(27)16-10-26(24-23-16)14-4-2-3-11(7-14)18(19,20)21/h2-4,7,10,12-13,15,22H,5-6,8-9H2,1H3. The lowest BCUT2D eigenvalue weighted by molar-refractivity contribution is -0.137. The van der Waals surface area contributed by atoms with Crippen molar-refractivity contribution in [3.63, 3.8) is 0 Å². The number of carbonyl (C=O) groups is 1. The summed E-state index contributed by atoms with van der Waals surface area (Å²) in [6.45, 7) is 0. The molecule has 2 aliphatic heterocycles. The molecule has 2 aliphatic rings. The van der Waals surface area contributed by atoms with Crippen LogP contribution in [-0.2, 0) is 6.18 Å². The van der Waals surface area contributed by atoms with E-state index in [2.05, 4.69) is 15.6 Å². The molecule has 3 heterocycles. The monoisotopic (exact) mass is 379 g/mol. The number of fused-ring (bicyclic) bond motifs is 2. The summed E-state index contributed by atoms with van der Waals surface area (Å²) in [5.41, 5.74) is -0.439. The van der Waals surface area contributed by atoms with Crippen molar-refractivity contribution in [1.29, 1.82) is 0 Å². The lowest BCUT2D eigenvalue weighted by atomic mass is 9.98. The Hall–Kier alpha value is -2.42. The molecule has 144 valence electrons. The first-order valence-corrected chi connectivity index (χ1v) is 8.94. The Balaban J connectivity index is 1.51. The van der Waals surface area contributed by atoms with Crippen LogP contribution in [0.25, 0.3) is 5.69 Å². The molecule has 1 aromatic carbocycles. The lowest BCUT2D eigenvalue weighted by Gasteiger charge is -2.35. The van der Waals surface area contributed by atoms with Crippen LogP contribution in [0.3, 0.4) is 0 Å². The average molecular weight is 379 g/mol. The summed E-state index contributed by atoms with van der Waals surface area (Å²) < 4.78 is 39.9. The number of aromatic nitrogens is 3. The van der Waals surface area contributed by atoms with Gasteiger partial charge in [0.05, 0.1) is 17.4 Å². The Labute approximate surface area is 154 Å². The molecule has 0 radical (unpaired) electrons. The second kappa shape index (κ2) is 6.63. The van der Waals surface area contributed by atoms with Gasteiger partial charge in [-0.2, -0.15) is 13.2 Å². The van der Waals surface area contributed by atoms with Crippen molar-refractivity contribution in [2.24, 2.45) is 0 Å². The minimum Gasteiger partial charge on any atom is -0.337 e. The number of amides is 1. The largest absolute Gasteiger partial charge is 0.416 e. The topological polar surface area (TPSA) is 63.1 Å². The molecule has 2 bridgehead atoms. The summed E-state index contributed by atoms with van der Waals surface area (Å²) in [6, 6.07) is 5.80. The van der Waals surface area contributed by atoms with Crippen molar-refractivity contribution >= 4 is 5.91 Å². The van der Waals surface area contributed by atoms with Crippen LogP contribution >= 0.6 is 0 Å². The van der Waals surface area contributed by atoms with Crippen LogP contribution in [0.2, 0.25) is 0 Å². The number of piperidine rings is 1. The molecule has 2 aromatic rings. The van der Waals surface area contributed by atoms with Crippen LogP contribution in [0, 0.1) is 0 Å². The third kappa shape index (κ3) is 3.55. The van der Waals surface area contributed by atoms with E-state index in [1.54, 1.807) is 11.9 Å². The summed E-state index contributed by atoms with van der Waals surface area (Å²) >= 11 is 0. The molecular weight excluding hydrogens is 359 g/mol. The maximum atomic E-state index is 12.9. The van der Waals surface area contributed by atoms with Crippen LogP contribution in [0.15, 0.2) is 30.5 Å². The van der Waals surface area contributed by atoms with Crippen LogP contribution in [-0.4, -0.2) is 51.0 Å². The maximum Gasteiger partial charge on any atom is 0.416 e. The Morgan fingerprint density at radius 1 is 1.26 bits per heavy atom. The van der Waals surface area contributed by atoms with Gasteiger partial charge in [0.15, 0.2) is 5.69 Å². The number of rotatable bonds is 3. The van der Waals surface area contributed by atoms with E-state index in [1.165, 1.54) is 23.0 Å². The fourth-order valence-corrected chi connectivity index (χ4v) is 4.00. The predicted octanol–water partition coefficient (Wildman–Crippen LogP) is 2.64. The van der Waals surface area contributed by atoms with Gasteiger partial charge in [0.2, 0.25) is 0 Å². The molecule has 0 saturated carbocycles. The van der Waals surface area contributed by atoms with Gasteiger partial charge in [0.25, 0.3) is 5.91 Å². The Bertz CT molecular complexity index is 838. The number of hydrogen-bond acceptors (Lipinski definition) is 4. The number of alkyl halides is 3. The smallest absolute Gasteiger partial charge is 0.337 e. The molecule has 1 aromatic heterocycles. The quantitative estimate of drug-likeness (QED) is 0.891. The number of benzene rings is 1. The molecule has 9 heteroatoms. The molecule has 27 heavy (non-hydrogen) atoms.